The van der Waals surface area contributed by atoms with Crippen LogP contribution in [-0.4, -0.2) is 47.2 Å². The molecule has 0 unspecified atom stereocenters. The van der Waals surface area contributed by atoms with E-state index in [0.29, 0.717) is 16.7 Å². The number of hydrogen-bond donors (Lipinski definition) is 0. The number of benzene rings is 2. The molecular weight excluding hydrogens is 428 g/mol. The van der Waals surface area contributed by atoms with E-state index < -0.39 is 9.84 Å². The maximum absolute atomic E-state index is 12.6. The van der Waals surface area contributed by atoms with Gasteiger partial charge in [0.2, 0.25) is 0 Å². The third-order valence-electron chi connectivity index (χ3n) is 5.17. The van der Waals surface area contributed by atoms with Crippen LogP contribution in [0.4, 0.5) is 0 Å². The molecule has 0 aromatic heterocycles. The maximum Gasteiger partial charge on any atom is 0.252 e. The number of amidine groups is 1. The first-order chi connectivity index (χ1) is 13.8. The molecule has 29 heavy (non-hydrogen) atoms. The number of carbonyl (C=O) groups is 1. The number of aryl methyl sites for hydroxylation is 1. The lowest BCUT2D eigenvalue weighted by molar-refractivity contribution is -0.117. The normalized spacial score (nSPS) is 24.1. The fraction of sp³-hybridized carbons (Fsp3) is 0.333. The number of nitrogens with zero attached hydrogens (tertiary/aromatic N) is 2. The van der Waals surface area contributed by atoms with Gasteiger partial charge in [-0.25, -0.2) is 8.42 Å². The number of fused-ring (bicyclic) bond motifs is 1. The Bertz CT molecular complexity index is 1070. The van der Waals surface area contributed by atoms with Gasteiger partial charge in [-0.15, -0.1) is 0 Å². The Labute approximate surface area is 180 Å². The molecule has 0 spiro atoms. The van der Waals surface area contributed by atoms with Gasteiger partial charge in [-0.3, -0.25) is 4.79 Å². The molecule has 0 radical (unpaired) electrons. The molecule has 0 N–H and O–H groups in total. The highest BCUT2D eigenvalue weighted by molar-refractivity contribution is 8.15. The highest BCUT2D eigenvalue weighted by Gasteiger charge is 2.48. The van der Waals surface area contributed by atoms with Crippen molar-refractivity contribution in [1.82, 2.24) is 4.90 Å². The van der Waals surface area contributed by atoms with Gasteiger partial charge in [0.05, 0.1) is 24.0 Å². The summed E-state index contributed by atoms with van der Waals surface area (Å²) in [6.07, 6.45) is 0.220. The Hall–Kier alpha value is -1.83. The number of amides is 1. The predicted molar refractivity (Wildman–Crippen MR) is 118 cm³/mol. The SMILES string of the molecule is Cc1ccc(CC(=O)N=C2S[C@H]3CS(=O)(=O)C[C@@H]3N2Cc2ccccc2Cl)cc1. The zero-order valence-electron chi connectivity index (χ0n) is 15.9. The average Bonchev–Trinajstić information content (AvgIpc) is 3.11. The van der Waals surface area contributed by atoms with E-state index >= 15 is 0 Å². The van der Waals surface area contributed by atoms with E-state index in [1.54, 1.807) is 0 Å². The molecule has 2 fully saturated rings. The smallest absolute Gasteiger partial charge is 0.252 e. The fourth-order valence-electron chi connectivity index (χ4n) is 3.66. The number of thioether (sulfide) groups is 1. The van der Waals surface area contributed by atoms with Crippen LogP contribution in [0, 0.1) is 6.92 Å². The number of halogens is 1. The van der Waals surface area contributed by atoms with Gasteiger partial charge in [0.25, 0.3) is 5.91 Å². The Kier molecular flexibility index (Phi) is 5.73. The van der Waals surface area contributed by atoms with Gasteiger partial charge in [0.15, 0.2) is 15.0 Å². The minimum Gasteiger partial charge on any atom is -0.342 e. The summed E-state index contributed by atoms with van der Waals surface area (Å²) in [5, 5.41) is 1.10. The number of aliphatic imine (C=N–C) groups is 1. The van der Waals surface area contributed by atoms with Gasteiger partial charge in [-0.1, -0.05) is 71.4 Å². The molecule has 2 aromatic carbocycles. The quantitative estimate of drug-likeness (QED) is 0.716. The second kappa shape index (κ2) is 8.13. The molecule has 0 bridgehead atoms. The van der Waals surface area contributed by atoms with Gasteiger partial charge in [-0.05, 0) is 24.1 Å². The van der Waals surface area contributed by atoms with Gasteiger partial charge in [0.1, 0.15) is 0 Å². The van der Waals surface area contributed by atoms with E-state index in [9.17, 15) is 13.2 Å². The van der Waals surface area contributed by atoms with E-state index in [1.807, 2.05) is 60.4 Å². The van der Waals surface area contributed by atoms with Crippen molar-refractivity contribution in [3.05, 3.63) is 70.2 Å². The zero-order valence-corrected chi connectivity index (χ0v) is 18.3. The van der Waals surface area contributed by atoms with Crippen molar-refractivity contribution in [3.63, 3.8) is 0 Å². The van der Waals surface area contributed by atoms with Crippen LogP contribution in [0.1, 0.15) is 16.7 Å². The molecule has 4 rings (SSSR count). The third kappa shape index (κ3) is 4.68. The van der Waals surface area contributed by atoms with Crippen molar-refractivity contribution in [2.75, 3.05) is 11.5 Å². The van der Waals surface area contributed by atoms with E-state index in [1.165, 1.54) is 11.8 Å². The van der Waals surface area contributed by atoms with Crippen LogP contribution < -0.4 is 0 Å². The lowest BCUT2D eigenvalue weighted by Crippen LogP contribution is -2.37. The molecule has 2 aliphatic rings. The second-order valence-corrected chi connectivity index (χ2v) is 11.2. The summed E-state index contributed by atoms with van der Waals surface area (Å²) in [6.45, 7) is 2.43. The molecule has 1 amide bonds. The lowest BCUT2D eigenvalue weighted by Gasteiger charge is -2.25. The lowest BCUT2D eigenvalue weighted by atomic mass is 10.1. The predicted octanol–water partition coefficient (Wildman–Crippen LogP) is 3.49. The Morgan fingerprint density at radius 2 is 1.90 bits per heavy atom. The summed E-state index contributed by atoms with van der Waals surface area (Å²) in [6, 6.07) is 15.1. The van der Waals surface area contributed by atoms with Crippen LogP contribution in [0.25, 0.3) is 0 Å². The van der Waals surface area contributed by atoms with Crippen molar-refractivity contribution in [3.8, 4) is 0 Å². The molecule has 2 saturated heterocycles. The van der Waals surface area contributed by atoms with E-state index in [0.717, 1.165) is 16.7 Å². The molecule has 8 heteroatoms. The average molecular weight is 449 g/mol. The molecule has 2 aliphatic heterocycles. The molecular formula is C21H21ClN2O3S2. The first kappa shape index (κ1) is 20.4. The summed E-state index contributed by atoms with van der Waals surface area (Å²) in [4.78, 5) is 18.9. The summed E-state index contributed by atoms with van der Waals surface area (Å²) >= 11 is 7.71. The number of carbonyl (C=O) groups excluding carboxylic acids is 1. The van der Waals surface area contributed by atoms with Crippen LogP contribution in [0.5, 0.6) is 0 Å². The molecule has 2 heterocycles. The summed E-state index contributed by atoms with van der Waals surface area (Å²) in [5.74, 6) is -0.0318. The molecule has 5 nitrogen and oxygen atoms in total. The highest BCUT2D eigenvalue weighted by Crippen LogP contribution is 2.39. The third-order valence-corrected chi connectivity index (χ3v) is 8.79. The highest BCUT2D eigenvalue weighted by atomic mass is 35.5. The van der Waals surface area contributed by atoms with Crippen molar-refractivity contribution in [2.45, 2.75) is 31.2 Å². The maximum atomic E-state index is 12.6. The zero-order chi connectivity index (χ0) is 20.6. The number of sulfone groups is 1. The van der Waals surface area contributed by atoms with E-state index in [2.05, 4.69) is 4.99 Å². The first-order valence-electron chi connectivity index (χ1n) is 9.35. The monoisotopic (exact) mass is 448 g/mol. The second-order valence-electron chi connectivity index (χ2n) is 7.47. The largest absolute Gasteiger partial charge is 0.342 e. The fourth-order valence-corrected chi connectivity index (χ4v) is 7.82. The number of hydrogen-bond acceptors (Lipinski definition) is 4. The molecule has 2 atom stereocenters. The van der Waals surface area contributed by atoms with Crippen LogP contribution in [-0.2, 0) is 27.6 Å². The molecule has 0 saturated carbocycles. The van der Waals surface area contributed by atoms with E-state index in [4.69, 9.17) is 11.6 Å². The Morgan fingerprint density at radius 3 is 2.62 bits per heavy atom. The van der Waals surface area contributed by atoms with Gasteiger partial charge in [-0.2, -0.15) is 4.99 Å². The minimum absolute atomic E-state index is 0.0836. The van der Waals surface area contributed by atoms with Crippen molar-refractivity contribution >= 4 is 44.3 Å². The minimum atomic E-state index is -3.08. The van der Waals surface area contributed by atoms with Crippen LogP contribution >= 0.6 is 23.4 Å². The summed E-state index contributed by atoms with van der Waals surface area (Å²) < 4.78 is 24.3. The summed E-state index contributed by atoms with van der Waals surface area (Å²) in [7, 11) is -3.08. The Balaban J connectivity index is 1.58. The van der Waals surface area contributed by atoms with Crippen molar-refractivity contribution in [1.29, 1.82) is 0 Å². The van der Waals surface area contributed by atoms with Crippen molar-refractivity contribution < 1.29 is 13.2 Å². The standard InChI is InChI=1S/C21H21ClN2O3S2/c1-14-6-8-15(9-7-14)10-20(25)23-21-24(11-16-4-2-3-5-17(16)22)18-12-29(26,27)13-19(18)28-21/h2-9,18-19H,10-13H2,1H3/t18-,19-/m0/s1. The molecule has 0 aliphatic carbocycles. The van der Waals surface area contributed by atoms with Gasteiger partial charge < -0.3 is 4.90 Å². The van der Waals surface area contributed by atoms with E-state index in [-0.39, 0.29) is 35.1 Å². The topological polar surface area (TPSA) is 66.8 Å². The molecule has 2 aromatic rings. The van der Waals surface area contributed by atoms with Crippen LogP contribution in [0.15, 0.2) is 53.5 Å². The van der Waals surface area contributed by atoms with Gasteiger partial charge in [0, 0.05) is 16.8 Å². The van der Waals surface area contributed by atoms with Crippen LogP contribution in [0.3, 0.4) is 0 Å². The Morgan fingerprint density at radius 1 is 1.17 bits per heavy atom. The summed E-state index contributed by atoms with van der Waals surface area (Å²) in [5.41, 5.74) is 2.94. The van der Waals surface area contributed by atoms with Gasteiger partial charge >= 0.3 is 0 Å². The number of rotatable bonds is 4. The van der Waals surface area contributed by atoms with Crippen molar-refractivity contribution in [2.24, 2.45) is 4.99 Å². The van der Waals surface area contributed by atoms with Crippen LogP contribution in [0.2, 0.25) is 5.02 Å². The molecule has 152 valence electrons. The first-order valence-corrected chi connectivity index (χ1v) is 12.4.